The number of halogens is 1. The van der Waals surface area contributed by atoms with Crippen molar-refractivity contribution < 1.29 is 14.3 Å². The molecule has 3 rings (SSSR count). The maximum absolute atomic E-state index is 12.8. The van der Waals surface area contributed by atoms with E-state index in [4.69, 9.17) is 4.74 Å². The number of carbonyl (C=O) groups is 2. The number of hydrogen-bond donors (Lipinski definition) is 1. The zero-order chi connectivity index (χ0) is 22.2. The molecule has 1 aromatic rings. The van der Waals surface area contributed by atoms with Crippen LogP contribution >= 0.6 is 24.0 Å². The maximum Gasteiger partial charge on any atom is 0.310 e. The Labute approximate surface area is 209 Å². The predicted octanol–water partition coefficient (Wildman–Crippen LogP) is 2.79. The van der Waals surface area contributed by atoms with Gasteiger partial charge in [-0.25, -0.2) is 4.99 Å². The molecule has 2 aliphatic heterocycles. The molecule has 0 aliphatic carbocycles. The molecule has 1 aromatic carbocycles. The Morgan fingerprint density at radius 1 is 1.12 bits per heavy atom. The van der Waals surface area contributed by atoms with Gasteiger partial charge in [0.2, 0.25) is 5.91 Å². The molecule has 2 atom stereocenters. The fraction of sp³-hybridized carbons (Fsp3) is 0.625. The molecule has 0 radical (unpaired) electrons. The largest absolute Gasteiger partial charge is 0.469 e. The van der Waals surface area contributed by atoms with Gasteiger partial charge in [0.25, 0.3) is 0 Å². The van der Waals surface area contributed by atoms with Gasteiger partial charge >= 0.3 is 5.97 Å². The zero-order valence-corrected chi connectivity index (χ0v) is 21.8. The van der Waals surface area contributed by atoms with Gasteiger partial charge in [-0.3, -0.25) is 9.59 Å². The van der Waals surface area contributed by atoms with E-state index in [9.17, 15) is 9.59 Å². The third-order valence-electron chi connectivity index (χ3n) is 6.45. The smallest absolute Gasteiger partial charge is 0.310 e. The van der Waals surface area contributed by atoms with Gasteiger partial charge < -0.3 is 19.9 Å². The second-order valence-electron chi connectivity index (χ2n) is 8.70. The molecule has 2 saturated heterocycles. The molecule has 0 aromatic heterocycles. The Morgan fingerprint density at radius 2 is 1.81 bits per heavy atom. The van der Waals surface area contributed by atoms with Crippen molar-refractivity contribution in [1.82, 2.24) is 15.1 Å². The molecular formula is C24H37IN4O3. The van der Waals surface area contributed by atoms with Crippen molar-refractivity contribution in [2.45, 2.75) is 33.1 Å². The Kier molecular flexibility index (Phi) is 10.7. The summed E-state index contributed by atoms with van der Waals surface area (Å²) in [5.74, 6) is 1.26. The van der Waals surface area contributed by atoms with Crippen molar-refractivity contribution in [2.24, 2.45) is 22.7 Å². The molecule has 2 aliphatic rings. The number of benzene rings is 1. The van der Waals surface area contributed by atoms with E-state index < -0.39 is 0 Å². The highest BCUT2D eigenvalue weighted by atomic mass is 127. The van der Waals surface area contributed by atoms with Crippen LogP contribution in [-0.2, 0) is 20.7 Å². The van der Waals surface area contributed by atoms with Crippen LogP contribution in [-0.4, -0.2) is 74.0 Å². The molecule has 1 N–H and O–H groups in total. The first kappa shape index (κ1) is 26.4. The maximum atomic E-state index is 12.8. The lowest BCUT2D eigenvalue weighted by atomic mass is 9.90. The van der Waals surface area contributed by atoms with Gasteiger partial charge in [-0.1, -0.05) is 37.3 Å². The van der Waals surface area contributed by atoms with Crippen LogP contribution in [0.25, 0.3) is 0 Å². The average Bonchev–Trinajstić information content (AvgIpc) is 3.18. The quantitative estimate of drug-likeness (QED) is 0.253. The molecule has 2 unspecified atom stereocenters. The third kappa shape index (κ3) is 7.08. The van der Waals surface area contributed by atoms with Crippen LogP contribution in [0.2, 0.25) is 0 Å². The normalized spacial score (nSPS) is 21.8. The first-order valence-corrected chi connectivity index (χ1v) is 11.4. The summed E-state index contributed by atoms with van der Waals surface area (Å²) in [6.07, 6.45) is 3.16. The van der Waals surface area contributed by atoms with Crippen LogP contribution in [0.5, 0.6) is 0 Å². The van der Waals surface area contributed by atoms with Crippen molar-refractivity contribution in [3.63, 3.8) is 0 Å². The third-order valence-corrected chi connectivity index (χ3v) is 6.45. The Hall–Kier alpha value is -1.84. The minimum absolute atomic E-state index is 0. The number of hydrogen-bond acceptors (Lipinski definition) is 4. The predicted molar refractivity (Wildman–Crippen MR) is 137 cm³/mol. The first-order chi connectivity index (χ1) is 15.0. The van der Waals surface area contributed by atoms with Gasteiger partial charge in [0.1, 0.15) is 6.54 Å². The summed E-state index contributed by atoms with van der Waals surface area (Å²) in [7, 11) is 1.43. The molecule has 2 fully saturated rings. The Balaban J connectivity index is 0.00000363. The van der Waals surface area contributed by atoms with Crippen molar-refractivity contribution in [3.8, 4) is 0 Å². The van der Waals surface area contributed by atoms with Crippen LogP contribution in [0.3, 0.4) is 0 Å². The standard InChI is InChI=1S/C24H36N4O3.HI/c1-4-25-24(28-16-18(2)21(17-28)23(30)31-3)26-15-22(29)27-12-10-20(11-13-27)14-19-8-6-5-7-9-19;/h5-9,18,20-21H,4,10-17H2,1-3H3,(H,25,26);1H. The van der Waals surface area contributed by atoms with Crippen LogP contribution in [0.15, 0.2) is 35.3 Å². The molecule has 178 valence electrons. The number of ether oxygens (including phenoxy) is 1. The van der Waals surface area contributed by atoms with Gasteiger partial charge in [-0.2, -0.15) is 0 Å². The number of nitrogens with zero attached hydrogens (tertiary/aromatic N) is 3. The second kappa shape index (κ2) is 13.0. The van der Waals surface area contributed by atoms with E-state index in [0.29, 0.717) is 25.0 Å². The summed E-state index contributed by atoms with van der Waals surface area (Å²) in [5.41, 5.74) is 1.37. The lowest BCUT2D eigenvalue weighted by Gasteiger charge is -2.32. The summed E-state index contributed by atoms with van der Waals surface area (Å²) in [4.78, 5) is 33.4. The van der Waals surface area contributed by atoms with E-state index in [2.05, 4.69) is 46.4 Å². The van der Waals surface area contributed by atoms with Gasteiger partial charge in [0, 0.05) is 32.7 Å². The van der Waals surface area contributed by atoms with E-state index in [1.54, 1.807) is 0 Å². The number of likely N-dealkylation sites (tertiary alicyclic amines) is 2. The molecule has 2 heterocycles. The molecule has 1 amide bonds. The first-order valence-electron chi connectivity index (χ1n) is 11.4. The highest BCUT2D eigenvalue weighted by Gasteiger charge is 2.37. The van der Waals surface area contributed by atoms with Gasteiger partial charge in [0.05, 0.1) is 13.0 Å². The Morgan fingerprint density at radius 3 is 2.44 bits per heavy atom. The van der Waals surface area contributed by atoms with Crippen LogP contribution in [0.4, 0.5) is 0 Å². The number of nitrogens with one attached hydrogen (secondary N) is 1. The molecule has 7 nitrogen and oxygen atoms in total. The molecular weight excluding hydrogens is 519 g/mol. The Bertz CT molecular complexity index is 766. The van der Waals surface area contributed by atoms with Gasteiger partial charge in [-0.15, -0.1) is 24.0 Å². The van der Waals surface area contributed by atoms with Crippen molar-refractivity contribution in [2.75, 3.05) is 46.4 Å². The molecule has 0 spiro atoms. The fourth-order valence-electron chi connectivity index (χ4n) is 4.60. The fourth-order valence-corrected chi connectivity index (χ4v) is 4.60. The van der Waals surface area contributed by atoms with E-state index >= 15 is 0 Å². The average molecular weight is 556 g/mol. The number of guanidine groups is 1. The van der Waals surface area contributed by atoms with E-state index in [1.165, 1.54) is 12.7 Å². The summed E-state index contributed by atoms with van der Waals surface area (Å²) in [6.45, 7) is 7.80. The zero-order valence-electron chi connectivity index (χ0n) is 19.5. The minimum Gasteiger partial charge on any atom is -0.469 e. The molecule has 0 bridgehead atoms. The number of amides is 1. The highest BCUT2D eigenvalue weighted by molar-refractivity contribution is 14.0. The number of methoxy groups -OCH3 is 1. The van der Waals surface area contributed by atoms with E-state index in [1.807, 2.05) is 17.9 Å². The van der Waals surface area contributed by atoms with Crippen LogP contribution in [0, 0.1) is 17.8 Å². The summed E-state index contributed by atoms with van der Waals surface area (Å²) in [6, 6.07) is 10.6. The number of piperidine rings is 1. The topological polar surface area (TPSA) is 74.2 Å². The second-order valence-corrected chi connectivity index (χ2v) is 8.70. The van der Waals surface area contributed by atoms with Gasteiger partial charge in [0.15, 0.2) is 5.96 Å². The number of aliphatic imine (C=N–C) groups is 1. The summed E-state index contributed by atoms with van der Waals surface area (Å²) >= 11 is 0. The lowest BCUT2D eigenvalue weighted by Crippen LogP contribution is -2.43. The van der Waals surface area contributed by atoms with Crippen LogP contribution in [0.1, 0.15) is 32.3 Å². The minimum atomic E-state index is -0.180. The number of rotatable bonds is 6. The number of carbonyl (C=O) groups excluding carboxylic acids is 2. The summed E-state index contributed by atoms with van der Waals surface area (Å²) in [5, 5.41) is 3.27. The molecule has 32 heavy (non-hydrogen) atoms. The van der Waals surface area contributed by atoms with Crippen molar-refractivity contribution in [3.05, 3.63) is 35.9 Å². The lowest BCUT2D eigenvalue weighted by molar-refractivity contribution is -0.146. The van der Waals surface area contributed by atoms with Crippen molar-refractivity contribution in [1.29, 1.82) is 0 Å². The monoisotopic (exact) mass is 556 g/mol. The van der Waals surface area contributed by atoms with Crippen LogP contribution < -0.4 is 5.32 Å². The SMILES string of the molecule is CCNC(=NCC(=O)N1CCC(Cc2ccccc2)CC1)N1CC(C)C(C(=O)OC)C1.I. The van der Waals surface area contributed by atoms with E-state index in [-0.39, 0.29) is 54.2 Å². The summed E-state index contributed by atoms with van der Waals surface area (Å²) < 4.78 is 4.93. The van der Waals surface area contributed by atoms with Crippen molar-refractivity contribution >= 4 is 41.8 Å². The molecule has 8 heteroatoms. The van der Waals surface area contributed by atoms with E-state index in [0.717, 1.165) is 38.9 Å². The highest BCUT2D eigenvalue weighted by Crippen LogP contribution is 2.24. The van der Waals surface area contributed by atoms with Gasteiger partial charge in [-0.05, 0) is 43.6 Å². The molecule has 0 saturated carbocycles. The number of esters is 1.